The first-order valence-electron chi connectivity index (χ1n) is 6.62. The second-order valence-electron chi connectivity index (χ2n) is 4.72. The minimum Gasteiger partial charge on any atom is -0.347 e. The minimum atomic E-state index is 0.126. The van der Waals surface area contributed by atoms with E-state index in [4.69, 9.17) is 0 Å². The number of aromatic nitrogens is 1. The van der Waals surface area contributed by atoms with Gasteiger partial charge in [-0.3, -0.25) is 4.79 Å². The SMILES string of the molecule is O=C(Cn1cccc1)c1ccc(-c2ccccc2)cc1. The Hall–Kier alpha value is -2.61. The molecule has 3 aromatic rings. The van der Waals surface area contributed by atoms with Crippen LogP contribution in [0.2, 0.25) is 0 Å². The summed E-state index contributed by atoms with van der Waals surface area (Å²) in [5, 5.41) is 0. The molecular weight excluding hydrogens is 246 g/mol. The Labute approximate surface area is 118 Å². The molecule has 0 radical (unpaired) electrons. The normalized spacial score (nSPS) is 10.4. The standard InChI is InChI=1S/C18H15NO/c20-18(14-19-12-4-5-13-19)17-10-8-16(9-11-17)15-6-2-1-3-7-15/h1-13H,14H2. The Kier molecular flexibility index (Phi) is 3.46. The van der Waals surface area contributed by atoms with Crippen molar-refractivity contribution in [1.82, 2.24) is 4.57 Å². The Morgan fingerprint density at radius 2 is 1.35 bits per heavy atom. The number of carbonyl (C=O) groups is 1. The summed E-state index contributed by atoms with van der Waals surface area (Å²) in [7, 11) is 0. The molecule has 3 rings (SSSR count). The van der Waals surface area contributed by atoms with Gasteiger partial charge >= 0.3 is 0 Å². The number of rotatable bonds is 4. The van der Waals surface area contributed by atoms with Gasteiger partial charge in [0.1, 0.15) is 0 Å². The molecule has 0 N–H and O–H groups in total. The molecule has 0 atom stereocenters. The van der Waals surface area contributed by atoms with Gasteiger partial charge in [-0.25, -0.2) is 0 Å². The molecular formula is C18H15NO. The Morgan fingerprint density at radius 1 is 0.750 bits per heavy atom. The molecule has 2 heteroatoms. The van der Waals surface area contributed by atoms with Crippen LogP contribution in [-0.2, 0) is 6.54 Å². The smallest absolute Gasteiger partial charge is 0.182 e. The first-order valence-corrected chi connectivity index (χ1v) is 6.62. The Bertz CT molecular complexity index is 682. The summed E-state index contributed by atoms with van der Waals surface area (Å²) in [4.78, 5) is 12.1. The molecule has 0 unspecified atom stereocenters. The highest BCUT2D eigenvalue weighted by atomic mass is 16.1. The molecule has 0 aliphatic carbocycles. The summed E-state index contributed by atoms with van der Waals surface area (Å²) in [5.74, 6) is 0.126. The Morgan fingerprint density at radius 3 is 2.00 bits per heavy atom. The van der Waals surface area contributed by atoms with E-state index in [9.17, 15) is 4.79 Å². The third-order valence-electron chi connectivity index (χ3n) is 3.31. The van der Waals surface area contributed by atoms with Crippen molar-refractivity contribution >= 4 is 5.78 Å². The van der Waals surface area contributed by atoms with Crippen molar-refractivity contribution in [2.75, 3.05) is 0 Å². The number of ketones is 1. The summed E-state index contributed by atoms with van der Waals surface area (Å²) in [6.07, 6.45) is 3.80. The molecule has 2 nitrogen and oxygen atoms in total. The van der Waals surface area contributed by atoms with Crippen molar-refractivity contribution in [2.24, 2.45) is 0 Å². The van der Waals surface area contributed by atoms with Crippen LogP contribution in [0.5, 0.6) is 0 Å². The van der Waals surface area contributed by atoms with Crippen molar-refractivity contribution in [3.63, 3.8) is 0 Å². The van der Waals surface area contributed by atoms with Gasteiger partial charge in [-0.2, -0.15) is 0 Å². The molecule has 1 aromatic heterocycles. The van der Waals surface area contributed by atoms with Crippen molar-refractivity contribution < 1.29 is 4.79 Å². The third kappa shape index (κ3) is 2.69. The van der Waals surface area contributed by atoms with Gasteiger partial charge in [0.15, 0.2) is 5.78 Å². The van der Waals surface area contributed by atoms with Crippen LogP contribution in [0.4, 0.5) is 0 Å². The van der Waals surface area contributed by atoms with Crippen LogP contribution in [0, 0.1) is 0 Å². The molecule has 98 valence electrons. The molecule has 0 aliphatic heterocycles. The number of hydrogen-bond acceptors (Lipinski definition) is 1. The molecule has 1 heterocycles. The first-order chi connectivity index (χ1) is 9.83. The molecule has 20 heavy (non-hydrogen) atoms. The van der Waals surface area contributed by atoms with Gasteiger partial charge in [-0.15, -0.1) is 0 Å². The largest absolute Gasteiger partial charge is 0.347 e. The molecule has 0 aliphatic rings. The highest BCUT2D eigenvalue weighted by Crippen LogP contribution is 2.19. The number of benzene rings is 2. The van der Waals surface area contributed by atoms with Gasteiger partial charge in [-0.05, 0) is 23.3 Å². The lowest BCUT2D eigenvalue weighted by Gasteiger charge is -2.05. The van der Waals surface area contributed by atoms with Crippen LogP contribution in [0.3, 0.4) is 0 Å². The predicted octanol–water partition coefficient (Wildman–Crippen LogP) is 4.04. The van der Waals surface area contributed by atoms with Gasteiger partial charge in [0.2, 0.25) is 0 Å². The molecule has 0 amide bonds. The molecule has 0 fully saturated rings. The number of hydrogen-bond donors (Lipinski definition) is 0. The van der Waals surface area contributed by atoms with Crippen molar-refractivity contribution in [3.05, 3.63) is 84.7 Å². The zero-order valence-corrected chi connectivity index (χ0v) is 11.1. The predicted molar refractivity (Wildman–Crippen MR) is 80.6 cm³/mol. The zero-order valence-electron chi connectivity index (χ0n) is 11.1. The van der Waals surface area contributed by atoms with E-state index in [1.165, 1.54) is 0 Å². The lowest BCUT2D eigenvalue weighted by atomic mass is 10.0. The van der Waals surface area contributed by atoms with Crippen LogP contribution >= 0.6 is 0 Å². The summed E-state index contributed by atoms with van der Waals surface area (Å²) in [6.45, 7) is 0.387. The van der Waals surface area contributed by atoms with Gasteiger partial charge in [0, 0.05) is 18.0 Å². The van der Waals surface area contributed by atoms with E-state index in [1.54, 1.807) is 0 Å². The van der Waals surface area contributed by atoms with E-state index < -0.39 is 0 Å². The van der Waals surface area contributed by atoms with Crippen LogP contribution in [0.1, 0.15) is 10.4 Å². The van der Waals surface area contributed by atoms with E-state index in [0.717, 1.165) is 16.7 Å². The summed E-state index contributed by atoms with van der Waals surface area (Å²) in [5.41, 5.74) is 3.04. The van der Waals surface area contributed by atoms with Gasteiger partial charge in [0.05, 0.1) is 6.54 Å². The average Bonchev–Trinajstić information content (AvgIpc) is 3.01. The van der Waals surface area contributed by atoms with Gasteiger partial charge in [-0.1, -0.05) is 54.6 Å². The molecule has 0 saturated heterocycles. The summed E-state index contributed by atoms with van der Waals surface area (Å²) in [6, 6.07) is 21.8. The second kappa shape index (κ2) is 5.57. The fraction of sp³-hybridized carbons (Fsp3) is 0.0556. The highest BCUT2D eigenvalue weighted by Gasteiger charge is 2.06. The van der Waals surface area contributed by atoms with Gasteiger partial charge < -0.3 is 4.57 Å². The maximum atomic E-state index is 12.1. The number of carbonyl (C=O) groups excluding carboxylic acids is 1. The minimum absolute atomic E-state index is 0.126. The summed E-state index contributed by atoms with van der Waals surface area (Å²) < 4.78 is 1.88. The first kappa shape index (κ1) is 12.4. The van der Waals surface area contributed by atoms with E-state index >= 15 is 0 Å². The zero-order chi connectivity index (χ0) is 13.8. The highest BCUT2D eigenvalue weighted by molar-refractivity contribution is 5.96. The fourth-order valence-electron chi connectivity index (χ4n) is 2.21. The molecule has 0 bridgehead atoms. The van der Waals surface area contributed by atoms with Crippen LogP contribution in [-0.4, -0.2) is 10.4 Å². The monoisotopic (exact) mass is 261 g/mol. The van der Waals surface area contributed by atoms with Crippen molar-refractivity contribution in [1.29, 1.82) is 0 Å². The van der Waals surface area contributed by atoms with E-state index in [1.807, 2.05) is 71.6 Å². The number of nitrogens with zero attached hydrogens (tertiary/aromatic N) is 1. The second-order valence-corrected chi connectivity index (χ2v) is 4.72. The van der Waals surface area contributed by atoms with Crippen LogP contribution in [0.15, 0.2) is 79.1 Å². The third-order valence-corrected chi connectivity index (χ3v) is 3.31. The van der Waals surface area contributed by atoms with E-state index in [2.05, 4.69) is 12.1 Å². The summed E-state index contributed by atoms with van der Waals surface area (Å²) >= 11 is 0. The lowest BCUT2D eigenvalue weighted by molar-refractivity contribution is 0.0972. The van der Waals surface area contributed by atoms with E-state index in [0.29, 0.717) is 6.54 Å². The molecule has 0 spiro atoms. The van der Waals surface area contributed by atoms with E-state index in [-0.39, 0.29) is 5.78 Å². The quantitative estimate of drug-likeness (QED) is 0.650. The van der Waals surface area contributed by atoms with Crippen LogP contribution in [0.25, 0.3) is 11.1 Å². The van der Waals surface area contributed by atoms with Crippen LogP contribution < -0.4 is 0 Å². The Balaban J connectivity index is 1.78. The maximum absolute atomic E-state index is 12.1. The topological polar surface area (TPSA) is 22.0 Å². The average molecular weight is 261 g/mol. The number of Topliss-reactive ketones (excluding diaryl/α,β-unsaturated/α-hetero) is 1. The van der Waals surface area contributed by atoms with Crippen molar-refractivity contribution in [2.45, 2.75) is 6.54 Å². The maximum Gasteiger partial charge on any atom is 0.182 e. The lowest BCUT2D eigenvalue weighted by Crippen LogP contribution is -2.08. The van der Waals surface area contributed by atoms with Gasteiger partial charge in [0.25, 0.3) is 0 Å². The molecule has 0 saturated carbocycles. The van der Waals surface area contributed by atoms with Crippen molar-refractivity contribution in [3.8, 4) is 11.1 Å². The molecule has 2 aromatic carbocycles. The fourth-order valence-corrected chi connectivity index (χ4v) is 2.21.